The van der Waals surface area contributed by atoms with Gasteiger partial charge in [-0.05, 0) is 87.0 Å². The van der Waals surface area contributed by atoms with Gasteiger partial charge in [-0.25, -0.2) is 0 Å². The van der Waals surface area contributed by atoms with Crippen LogP contribution in [0, 0.1) is 23.2 Å². The van der Waals surface area contributed by atoms with E-state index in [-0.39, 0.29) is 23.5 Å². The minimum atomic E-state index is -0.199. The fourth-order valence-corrected chi connectivity index (χ4v) is 6.86. The largest absolute Gasteiger partial charge is 0.393 e. The summed E-state index contributed by atoms with van der Waals surface area (Å²) < 4.78 is 1.09. The van der Waals surface area contributed by atoms with Crippen LogP contribution in [0.15, 0.2) is 28.7 Å². The number of carbonyl (C=O) groups is 1. The highest BCUT2D eigenvalue weighted by Crippen LogP contribution is 2.60. The molecule has 5 fully saturated rings. The quantitative estimate of drug-likeness (QED) is 0.764. The second kappa shape index (κ2) is 6.77. The van der Waals surface area contributed by atoms with E-state index in [1.54, 1.807) is 0 Å². The fourth-order valence-electron chi connectivity index (χ4n) is 6.60. The zero-order valence-electron chi connectivity index (χ0n) is 15.7. The number of nitrogens with one attached hydrogen (secondary N) is 1. The lowest BCUT2D eigenvalue weighted by Gasteiger charge is -2.58. The summed E-state index contributed by atoms with van der Waals surface area (Å²) in [7, 11) is 0. The van der Waals surface area contributed by atoms with Crippen molar-refractivity contribution in [3.8, 4) is 0 Å². The van der Waals surface area contributed by atoms with Gasteiger partial charge in [-0.1, -0.05) is 15.9 Å². The highest BCUT2D eigenvalue weighted by atomic mass is 79.9. The second-order valence-corrected chi connectivity index (χ2v) is 10.4. The zero-order valence-corrected chi connectivity index (χ0v) is 17.3. The number of aliphatic hydroxyl groups excluding tert-OH is 1. The van der Waals surface area contributed by atoms with E-state index in [0.717, 1.165) is 62.5 Å². The van der Waals surface area contributed by atoms with Gasteiger partial charge in [-0.3, -0.25) is 4.79 Å². The number of piperidine rings is 1. The van der Waals surface area contributed by atoms with E-state index < -0.39 is 0 Å². The number of hydrogen-bond donors (Lipinski definition) is 2. The zero-order chi connectivity index (χ0) is 18.6. The maximum absolute atomic E-state index is 13.3. The lowest BCUT2D eigenvalue weighted by molar-refractivity contribution is -0.163. The molecule has 0 aromatic heterocycles. The standard InChI is InChI=1S/C22H29BrN2O2/c23-17-3-5-19(6-4-17)25-7-1-2-18(13-25)24-21(27)22-10-14-8-15(11-22)20(26)16(9-14)12-22/h3-6,14-16,18,20,26H,1-2,7-13H2,(H,24,27). The van der Waals surface area contributed by atoms with Gasteiger partial charge < -0.3 is 15.3 Å². The summed E-state index contributed by atoms with van der Waals surface area (Å²) in [6.07, 6.45) is 7.12. The maximum Gasteiger partial charge on any atom is 0.226 e. The number of benzene rings is 1. The summed E-state index contributed by atoms with van der Waals surface area (Å²) >= 11 is 3.50. The average molecular weight is 433 g/mol. The summed E-state index contributed by atoms with van der Waals surface area (Å²) in [4.78, 5) is 15.7. The predicted octanol–water partition coefficient (Wildman–Crippen LogP) is 3.72. The Labute approximate surface area is 169 Å². The van der Waals surface area contributed by atoms with Crippen molar-refractivity contribution >= 4 is 27.5 Å². The first-order valence-electron chi connectivity index (χ1n) is 10.5. The first kappa shape index (κ1) is 18.0. The van der Waals surface area contributed by atoms with Crippen molar-refractivity contribution in [3.63, 3.8) is 0 Å². The molecule has 27 heavy (non-hydrogen) atoms. The minimum Gasteiger partial charge on any atom is -0.393 e. The van der Waals surface area contributed by atoms with Crippen molar-refractivity contribution in [1.82, 2.24) is 5.32 Å². The van der Waals surface area contributed by atoms with Gasteiger partial charge in [0.1, 0.15) is 0 Å². The van der Waals surface area contributed by atoms with E-state index in [1.165, 1.54) is 5.69 Å². The number of aliphatic hydroxyl groups is 1. The highest BCUT2D eigenvalue weighted by molar-refractivity contribution is 9.10. The molecule has 0 spiro atoms. The Kier molecular flexibility index (Phi) is 4.51. The van der Waals surface area contributed by atoms with Crippen LogP contribution in [0.5, 0.6) is 0 Å². The normalized spacial score (nSPS) is 40.2. The predicted molar refractivity (Wildman–Crippen MR) is 110 cm³/mol. The van der Waals surface area contributed by atoms with Crippen molar-refractivity contribution in [2.75, 3.05) is 18.0 Å². The Hall–Kier alpha value is -1.07. The topological polar surface area (TPSA) is 52.6 Å². The van der Waals surface area contributed by atoms with E-state index in [4.69, 9.17) is 0 Å². The molecule has 4 saturated carbocycles. The van der Waals surface area contributed by atoms with Crippen molar-refractivity contribution < 1.29 is 9.90 Å². The van der Waals surface area contributed by atoms with Crippen LogP contribution in [0.2, 0.25) is 0 Å². The van der Waals surface area contributed by atoms with Crippen molar-refractivity contribution in [1.29, 1.82) is 0 Å². The number of nitrogens with zero attached hydrogens (tertiary/aromatic N) is 1. The number of carbonyl (C=O) groups excluding carboxylic acids is 1. The Bertz CT molecular complexity index is 706. The molecule has 3 atom stereocenters. The van der Waals surface area contributed by atoms with Gasteiger partial charge in [0.2, 0.25) is 5.91 Å². The van der Waals surface area contributed by atoms with Crippen molar-refractivity contribution in [2.45, 2.75) is 57.1 Å². The molecule has 5 heteroatoms. The van der Waals surface area contributed by atoms with Crippen LogP contribution in [0.25, 0.3) is 0 Å². The van der Waals surface area contributed by atoms with Crippen LogP contribution < -0.4 is 10.2 Å². The summed E-state index contributed by atoms with van der Waals surface area (Å²) in [5, 5.41) is 13.9. The van der Waals surface area contributed by atoms with Gasteiger partial charge >= 0.3 is 0 Å². The van der Waals surface area contributed by atoms with Gasteiger partial charge in [-0.2, -0.15) is 0 Å². The maximum atomic E-state index is 13.3. The first-order chi connectivity index (χ1) is 13.0. The third-order valence-corrected chi connectivity index (χ3v) is 8.18. The molecule has 0 radical (unpaired) electrons. The Balaban J connectivity index is 1.26. The molecule has 1 aromatic carbocycles. The van der Waals surface area contributed by atoms with Crippen LogP contribution in [-0.2, 0) is 4.79 Å². The molecule has 1 amide bonds. The first-order valence-corrected chi connectivity index (χ1v) is 11.3. The van der Waals surface area contributed by atoms with Crippen LogP contribution >= 0.6 is 15.9 Å². The van der Waals surface area contributed by atoms with E-state index >= 15 is 0 Å². The smallest absolute Gasteiger partial charge is 0.226 e. The Morgan fingerprint density at radius 2 is 1.85 bits per heavy atom. The molecule has 1 heterocycles. The number of halogens is 1. The molecule has 1 aromatic rings. The van der Waals surface area contributed by atoms with Crippen LogP contribution in [0.4, 0.5) is 5.69 Å². The monoisotopic (exact) mass is 432 g/mol. The SMILES string of the molecule is O=C(NC1CCCN(c2ccc(Br)cc2)C1)C12CC3CC(C1)C(O)C(C3)C2. The molecule has 1 saturated heterocycles. The lowest BCUT2D eigenvalue weighted by Crippen LogP contribution is -2.60. The van der Waals surface area contributed by atoms with Gasteiger partial charge in [-0.15, -0.1) is 0 Å². The van der Waals surface area contributed by atoms with Gasteiger partial charge in [0.15, 0.2) is 0 Å². The number of rotatable bonds is 3. The summed E-state index contributed by atoms with van der Waals surface area (Å²) in [6, 6.07) is 8.69. The van der Waals surface area contributed by atoms with Gasteiger partial charge in [0, 0.05) is 29.3 Å². The minimum absolute atomic E-state index is 0.162. The summed E-state index contributed by atoms with van der Waals surface area (Å²) in [6.45, 7) is 1.94. The summed E-state index contributed by atoms with van der Waals surface area (Å²) in [5.41, 5.74) is 1.03. The molecule has 4 bridgehead atoms. The molecule has 146 valence electrons. The molecule has 2 N–H and O–H groups in total. The number of hydrogen-bond acceptors (Lipinski definition) is 3. The van der Waals surface area contributed by atoms with Crippen LogP contribution in [0.1, 0.15) is 44.9 Å². The Morgan fingerprint density at radius 3 is 2.56 bits per heavy atom. The van der Waals surface area contributed by atoms with E-state index in [0.29, 0.717) is 17.8 Å². The fraction of sp³-hybridized carbons (Fsp3) is 0.682. The Morgan fingerprint density at radius 1 is 1.15 bits per heavy atom. The molecule has 4 nitrogen and oxygen atoms in total. The van der Waals surface area contributed by atoms with E-state index in [9.17, 15) is 9.90 Å². The lowest BCUT2D eigenvalue weighted by atomic mass is 9.48. The average Bonchev–Trinajstić information content (AvgIpc) is 2.66. The third-order valence-electron chi connectivity index (χ3n) is 7.65. The van der Waals surface area contributed by atoms with Gasteiger partial charge in [0.25, 0.3) is 0 Å². The highest BCUT2D eigenvalue weighted by Gasteiger charge is 2.58. The molecule has 6 rings (SSSR count). The molecule has 4 aliphatic carbocycles. The molecule has 1 aliphatic heterocycles. The summed E-state index contributed by atoms with van der Waals surface area (Å²) in [5.74, 6) is 1.64. The molecule has 3 unspecified atom stereocenters. The van der Waals surface area contributed by atoms with Crippen LogP contribution in [-0.4, -0.2) is 36.2 Å². The van der Waals surface area contributed by atoms with Crippen molar-refractivity contribution in [2.24, 2.45) is 23.2 Å². The second-order valence-electron chi connectivity index (χ2n) is 9.48. The van der Waals surface area contributed by atoms with Crippen LogP contribution in [0.3, 0.4) is 0 Å². The molecular weight excluding hydrogens is 404 g/mol. The molecular formula is C22H29BrN2O2. The number of amides is 1. The third kappa shape index (κ3) is 3.21. The van der Waals surface area contributed by atoms with E-state index in [2.05, 4.69) is 50.4 Å². The molecule has 5 aliphatic rings. The van der Waals surface area contributed by atoms with E-state index in [1.807, 2.05) is 0 Å². The number of anilines is 1. The van der Waals surface area contributed by atoms with Gasteiger partial charge in [0.05, 0.1) is 11.5 Å². The van der Waals surface area contributed by atoms with Crippen molar-refractivity contribution in [3.05, 3.63) is 28.7 Å².